The normalized spacial score (nSPS) is 27.4. The zero-order valence-corrected chi connectivity index (χ0v) is 20.1. The van der Waals surface area contributed by atoms with Crippen molar-refractivity contribution in [2.24, 2.45) is 16.7 Å². The lowest BCUT2D eigenvalue weighted by molar-refractivity contribution is -0.149. The molecule has 5 heteroatoms. The van der Waals surface area contributed by atoms with Crippen LogP contribution in [0.5, 0.6) is 11.5 Å². The van der Waals surface area contributed by atoms with Gasteiger partial charge in [-0.05, 0) is 66.1 Å². The van der Waals surface area contributed by atoms with Crippen molar-refractivity contribution in [3.8, 4) is 11.5 Å². The molecule has 3 nitrogen and oxygen atoms in total. The molecule has 0 spiro atoms. The van der Waals surface area contributed by atoms with E-state index in [4.69, 9.17) is 16.3 Å². The van der Waals surface area contributed by atoms with Gasteiger partial charge in [0.05, 0.1) is 5.02 Å². The average molecular weight is 490 g/mol. The van der Waals surface area contributed by atoms with Crippen LogP contribution in [0.2, 0.25) is 5.02 Å². The van der Waals surface area contributed by atoms with Crippen molar-refractivity contribution in [3.63, 3.8) is 0 Å². The third kappa shape index (κ3) is 3.15. The number of fused-ring (bicyclic) bond motifs is 2. The van der Waals surface area contributed by atoms with E-state index >= 15 is 0 Å². The Labute approximate surface area is 191 Å². The number of hydrogen-bond acceptors (Lipinski definition) is 3. The topological polar surface area (TPSA) is 43.4 Å². The molecule has 0 N–H and O–H groups in total. The zero-order valence-electron chi connectivity index (χ0n) is 17.7. The number of carbonyl (C=O) groups excluding carboxylic acids is 2. The molecule has 0 aromatic heterocycles. The molecule has 3 atom stereocenters. The first-order valence-corrected chi connectivity index (χ1v) is 11.6. The molecular formula is C25H26BrClO3. The van der Waals surface area contributed by atoms with Crippen molar-refractivity contribution >= 4 is 39.1 Å². The Morgan fingerprint density at radius 1 is 1.13 bits per heavy atom. The van der Waals surface area contributed by atoms with E-state index in [-0.39, 0.29) is 22.9 Å². The van der Waals surface area contributed by atoms with Crippen LogP contribution in [0.25, 0.3) is 0 Å². The summed E-state index contributed by atoms with van der Waals surface area (Å²) in [5, 5.41) is 0.489. The highest BCUT2D eigenvalue weighted by atomic mass is 79.9. The number of aryl methyl sites for hydroxylation is 1. The van der Waals surface area contributed by atoms with Crippen LogP contribution in [-0.2, 0) is 16.0 Å². The molecule has 0 aliphatic heterocycles. The van der Waals surface area contributed by atoms with Crippen LogP contribution < -0.4 is 4.74 Å². The lowest BCUT2D eigenvalue weighted by atomic mass is 9.54. The Morgan fingerprint density at radius 2 is 1.87 bits per heavy atom. The smallest absolute Gasteiger partial charge is 0.154 e. The fourth-order valence-electron chi connectivity index (χ4n) is 5.29. The maximum absolute atomic E-state index is 13.7. The molecule has 30 heavy (non-hydrogen) atoms. The number of hydrogen-bond donors (Lipinski definition) is 0. The van der Waals surface area contributed by atoms with E-state index in [0.717, 1.165) is 34.9 Å². The van der Waals surface area contributed by atoms with Crippen LogP contribution in [0.3, 0.4) is 0 Å². The van der Waals surface area contributed by atoms with E-state index in [1.54, 1.807) is 12.1 Å². The number of halogens is 2. The predicted molar refractivity (Wildman–Crippen MR) is 122 cm³/mol. The second-order valence-corrected chi connectivity index (χ2v) is 10.6. The van der Waals surface area contributed by atoms with Crippen molar-refractivity contribution in [1.82, 2.24) is 0 Å². The van der Waals surface area contributed by atoms with E-state index in [9.17, 15) is 9.59 Å². The first kappa shape index (κ1) is 21.6. The van der Waals surface area contributed by atoms with Gasteiger partial charge in [-0.3, -0.25) is 9.59 Å². The first-order valence-electron chi connectivity index (χ1n) is 10.4. The Hall–Kier alpha value is -1.65. The number of ether oxygens (including phenoxy) is 1. The van der Waals surface area contributed by atoms with Gasteiger partial charge in [-0.15, -0.1) is 0 Å². The fraction of sp³-hybridized carbons (Fsp3) is 0.440. The fourth-order valence-corrected chi connectivity index (χ4v) is 6.01. The highest BCUT2D eigenvalue weighted by molar-refractivity contribution is 9.10. The number of carbonyl (C=O) groups is 2. The molecule has 0 heterocycles. The first-order chi connectivity index (χ1) is 14.1. The van der Waals surface area contributed by atoms with Crippen LogP contribution in [0.1, 0.15) is 57.6 Å². The van der Waals surface area contributed by atoms with Crippen LogP contribution in [0.4, 0.5) is 0 Å². The van der Waals surface area contributed by atoms with Crippen LogP contribution in [0.15, 0.2) is 40.9 Å². The molecule has 2 fully saturated rings. The van der Waals surface area contributed by atoms with Crippen LogP contribution in [-0.4, -0.2) is 11.6 Å². The van der Waals surface area contributed by atoms with Gasteiger partial charge in [-0.25, -0.2) is 0 Å². The van der Waals surface area contributed by atoms with Gasteiger partial charge in [0.15, 0.2) is 11.6 Å². The van der Waals surface area contributed by atoms with Gasteiger partial charge in [-0.2, -0.15) is 0 Å². The summed E-state index contributed by atoms with van der Waals surface area (Å²) in [5.41, 5.74) is 1.02. The molecule has 2 aromatic carbocycles. The van der Waals surface area contributed by atoms with Crippen molar-refractivity contribution < 1.29 is 14.3 Å². The van der Waals surface area contributed by atoms with Crippen LogP contribution >= 0.6 is 27.5 Å². The molecule has 2 aliphatic rings. The average Bonchev–Trinajstić information content (AvgIpc) is 2.87. The Morgan fingerprint density at radius 3 is 2.53 bits per heavy atom. The Balaban J connectivity index is 1.76. The summed E-state index contributed by atoms with van der Waals surface area (Å²) in [6.45, 7) is 8.24. The molecule has 2 aromatic rings. The molecule has 2 saturated carbocycles. The lowest BCUT2D eigenvalue weighted by Crippen LogP contribution is -2.52. The summed E-state index contributed by atoms with van der Waals surface area (Å²) in [5.74, 6) is 0.432. The van der Waals surface area contributed by atoms with Gasteiger partial charge in [0.2, 0.25) is 0 Å². The number of rotatable bonds is 4. The number of benzene rings is 2. The van der Waals surface area contributed by atoms with Gasteiger partial charge >= 0.3 is 0 Å². The molecule has 2 aliphatic carbocycles. The lowest BCUT2D eigenvalue weighted by Gasteiger charge is -2.46. The zero-order chi connectivity index (χ0) is 21.8. The van der Waals surface area contributed by atoms with Gasteiger partial charge < -0.3 is 4.74 Å². The Kier molecular flexibility index (Phi) is 5.39. The van der Waals surface area contributed by atoms with Crippen molar-refractivity contribution in [3.05, 3.63) is 57.0 Å². The molecule has 0 radical (unpaired) electrons. The minimum absolute atomic E-state index is 0.0553. The molecule has 0 amide bonds. The standard InChI is InChI=1S/C25H26BrClO3/c1-5-14-6-8-16(30-20-9-7-15(26)12-19(20)27)13-17(14)21-22(28)18-10-11-25(4,23(21)29)24(18,2)3/h6-9,12-13,18,21H,5,10-11H2,1-4H3. The summed E-state index contributed by atoms with van der Waals surface area (Å²) in [7, 11) is 0. The highest BCUT2D eigenvalue weighted by Crippen LogP contribution is 2.62. The van der Waals surface area contributed by atoms with E-state index in [0.29, 0.717) is 16.5 Å². The van der Waals surface area contributed by atoms with Crippen molar-refractivity contribution in [1.29, 1.82) is 0 Å². The minimum atomic E-state index is -0.714. The highest BCUT2D eigenvalue weighted by Gasteiger charge is 2.64. The van der Waals surface area contributed by atoms with Crippen LogP contribution in [0, 0.1) is 16.7 Å². The summed E-state index contributed by atoms with van der Waals surface area (Å²) in [6, 6.07) is 11.1. The number of Topliss-reactive ketones (excluding diaryl/α,β-unsaturated/α-hetero) is 2. The maximum atomic E-state index is 13.7. The van der Waals surface area contributed by atoms with E-state index < -0.39 is 11.3 Å². The predicted octanol–water partition coefficient (Wildman–Crippen LogP) is 7.14. The van der Waals surface area contributed by atoms with Gasteiger partial charge in [0, 0.05) is 15.8 Å². The summed E-state index contributed by atoms with van der Waals surface area (Å²) >= 11 is 9.70. The van der Waals surface area contributed by atoms with E-state index in [1.165, 1.54) is 0 Å². The second-order valence-electron chi connectivity index (χ2n) is 9.24. The maximum Gasteiger partial charge on any atom is 0.154 e. The molecule has 4 rings (SSSR count). The SMILES string of the molecule is CCc1ccc(Oc2ccc(Br)cc2Cl)cc1C1C(=O)C2CCC(C)(C1=O)C2(C)C. The van der Waals surface area contributed by atoms with Gasteiger partial charge in [-0.1, -0.05) is 61.3 Å². The van der Waals surface area contributed by atoms with E-state index in [1.807, 2.05) is 38.1 Å². The second kappa shape index (κ2) is 7.49. The van der Waals surface area contributed by atoms with Gasteiger partial charge in [0.1, 0.15) is 17.4 Å². The van der Waals surface area contributed by atoms with Crippen molar-refractivity contribution in [2.45, 2.75) is 52.9 Å². The molecule has 2 bridgehead atoms. The quantitative estimate of drug-likeness (QED) is 0.429. The third-order valence-corrected chi connectivity index (χ3v) is 8.38. The molecular weight excluding hydrogens is 464 g/mol. The van der Waals surface area contributed by atoms with Crippen molar-refractivity contribution in [2.75, 3.05) is 0 Å². The molecule has 0 saturated heterocycles. The van der Waals surface area contributed by atoms with Gasteiger partial charge in [0.25, 0.3) is 0 Å². The molecule has 3 unspecified atom stereocenters. The van der Waals surface area contributed by atoms with E-state index in [2.05, 4.69) is 29.8 Å². The summed E-state index contributed by atoms with van der Waals surface area (Å²) in [4.78, 5) is 27.2. The summed E-state index contributed by atoms with van der Waals surface area (Å²) in [6.07, 6.45) is 2.31. The molecule has 158 valence electrons. The minimum Gasteiger partial charge on any atom is -0.456 e. The summed E-state index contributed by atoms with van der Waals surface area (Å²) < 4.78 is 6.89. The number of ketones is 2. The Bertz CT molecular complexity index is 1040. The third-order valence-electron chi connectivity index (χ3n) is 7.59. The monoisotopic (exact) mass is 488 g/mol. The largest absolute Gasteiger partial charge is 0.456 e.